The van der Waals surface area contributed by atoms with E-state index in [9.17, 15) is 14.3 Å². The number of nitrogens with zero attached hydrogens (tertiary/aromatic N) is 1. The fourth-order valence-electron chi connectivity index (χ4n) is 1.93. The van der Waals surface area contributed by atoms with Crippen LogP contribution in [-0.2, 0) is 0 Å². The topological polar surface area (TPSA) is 50.2 Å². The third-order valence-electron chi connectivity index (χ3n) is 2.80. The number of rotatable bonds is 2. The summed E-state index contributed by atoms with van der Waals surface area (Å²) in [6.45, 7) is 0. The Labute approximate surface area is 122 Å². The van der Waals surface area contributed by atoms with E-state index in [1.807, 2.05) is 0 Å². The van der Waals surface area contributed by atoms with Crippen molar-refractivity contribution in [3.8, 4) is 10.6 Å². The number of fused-ring (bicyclic) bond motifs is 1. The summed E-state index contributed by atoms with van der Waals surface area (Å²) in [6.07, 6.45) is 0. The Kier molecular flexibility index (Phi) is 3.16. The highest BCUT2D eigenvalue weighted by Crippen LogP contribution is 2.34. The van der Waals surface area contributed by atoms with Gasteiger partial charge in [0, 0.05) is 10.6 Å². The van der Waals surface area contributed by atoms with Gasteiger partial charge in [-0.25, -0.2) is 14.2 Å². The highest BCUT2D eigenvalue weighted by atomic mass is 35.5. The van der Waals surface area contributed by atoms with Crippen LogP contribution < -0.4 is 0 Å². The maximum atomic E-state index is 13.8. The normalized spacial score (nSPS) is 10.9. The van der Waals surface area contributed by atoms with Crippen LogP contribution in [0.2, 0.25) is 5.02 Å². The number of hydrogen-bond donors (Lipinski definition) is 1. The quantitative estimate of drug-likeness (QED) is 0.760. The molecule has 0 fully saturated rings. The lowest BCUT2D eigenvalue weighted by Crippen LogP contribution is -1.98. The van der Waals surface area contributed by atoms with Gasteiger partial charge in [0.1, 0.15) is 10.5 Å². The van der Waals surface area contributed by atoms with E-state index >= 15 is 0 Å². The van der Waals surface area contributed by atoms with Crippen LogP contribution in [0.15, 0.2) is 36.4 Å². The van der Waals surface area contributed by atoms with Crippen molar-refractivity contribution in [3.63, 3.8) is 0 Å². The number of aromatic carboxylic acids is 1. The zero-order valence-electron chi connectivity index (χ0n) is 9.93. The van der Waals surface area contributed by atoms with E-state index < -0.39 is 11.8 Å². The van der Waals surface area contributed by atoms with Gasteiger partial charge in [-0.3, -0.25) is 0 Å². The Morgan fingerprint density at radius 1 is 1.30 bits per heavy atom. The SMILES string of the molecule is O=C(O)c1ccccc1-c1nc2c(F)cc(Cl)cc2s1. The molecule has 2 aromatic carbocycles. The first-order chi connectivity index (χ1) is 9.56. The van der Waals surface area contributed by atoms with E-state index in [1.165, 1.54) is 23.5 Å². The molecule has 1 N–H and O–H groups in total. The molecule has 20 heavy (non-hydrogen) atoms. The van der Waals surface area contributed by atoms with E-state index in [4.69, 9.17) is 11.6 Å². The zero-order chi connectivity index (χ0) is 14.3. The number of carbonyl (C=O) groups is 1. The van der Waals surface area contributed by atoms with Crippen LogP contribution >= 0.6 is 22.9 Å². The first-order valence-electron chi connectivity index (χ1n) is 5.64. The van der Waals surface area contributed by atoms with Crippen molar-refractivity contribution in [2.75, 3.05) is 0 Å². The van der Waals surface area contributed by atoms with Crippen molar-refractivity contribution in [2.24, 2.45) is 0 Å². The number of hydrogen-bond acceptors (Lipinski definition) is 3. The number of benzene rings is 2. The Bertz CT molecular complexity index is 831. The molecule has 0 atom stereocenters. The van der Waals surface area contributed by atoms with Crippen LogP contribution in [0.25, 0.3) is 20.8 Å². The predicted molar refractivity (Wildman–Crippen MR) is 77.0 cm³/mol. The molecule has 0 aliphatic rings. The molecule has 0 radical (unpaired) electrons. The van der Waals surface area contributed by atoms with E-state index in [-0.39, 0.29) is 16.1 Å². The van der Waals surface area contributed by atoms with Crippen LogP contribution in [0.3, 0.4) is 0 Å². The first-order valence-corrected chi connectivity index (χ1v) is 6.84. The zero-order valence-corrected chi connectivity index (χ0v) is 11.5. The lowest BCUT2D eigenvalue weighted by Gasteiger charge is -2.01. The van der Waals surface area contributed by atoms with Gasteiger partial charge < -0.3 is 5.11 Å². The molecule has 1 heterocycles. The number of halogens is 2. The van der Waals surface area contributed by atoms with Crippen LogP contribution in [0.5, 0.6) is 0 Å². The summed E-state index contributed by atoms with van der Waals surface area (Å²) >= 11 is 7.02. The van der Waals surface area contributed by atoms with Gasteiger partial charge >= 0.3 is 5.97 Å². The van der Waals surface area contributed by atoms with Crippen molar-refractivity contribution < 1.29 is 14.3 Å². The van der Waals surface area contributed by atoms with Gasteiger partial charge in [0.25, 0.3) is 0 Å². The highest BCUT2D eigenvalue weighted by Gasteiger charge is 2.16. The second-order valence-electron chi connectivity index (χ2n) is 4.10. The highest BCUT2D eigenvalue weighted by molar-refractivity contribution is 7.21. The fraction of sp³-hybridized carbons (Fsp3) is 0. The molecule has 0 unspecified atom stereocenters. The number of carboxylic acids is 1. The standard InChI is InChI=1S/C14H7ClFNO2S/c15-7-5-10(16)12-11(6-7)20-13(17-12)8-3-1-2-4-9(8)14(18)19/h1-6H,(H,18,19). The molecule has 0 aliphatic heterocycles. The van der Waals surface area contributed by atoms with Gasteiger partial charge in [0.15, 0.2) is 5.82 Å². The van der Waals surface area contributed by atoms with Crippen LogP contribution in [0, 0.1) is 5.82 Å². The molecular formula is C14H7ClFNO2S. The molecule has 0 aliphatic carbocycles. The van der Waals surface area contributed by atoms with Crippen molar-refractivity contribution >= 4 is 39.1 Å². The van der Waals surface area contributed by atoms with Gasteiger partial charge in [-0.2, -0.15) is 0 Å². The molecule has 3 rings (SSSR count). The fourth-order valence-corrected chi connectivity index (χ4v) is 3.26. The van der Waals surface area contributed by atoms with E-state index in [1.54, 1.807) is 24.3 Å². The predicted octanol–water partition coefficient (Wildman–Crippen LogP) is 4.45. The smallest absolute Gasteiger partial charge is 0.336 e. The van der Waals surface area contributed by atoms with Crippen molar-refractivity contribution in [3.05, 3.63) is 52.8 Å². The molecule has 3 nitrogen and oxygen atoms in total. The molecule has 6 heteroatoms. The molecule has 0 saturated carbocycles. The largest absolute Gasteiger partial charge is 0.478 e. The van der Waals surface area contributed by atoms with Crippen LogP contribution in [0.4, 0.5) is 4.39 Å². The van der Waals surface area contributed by atoms with E-state index in [0.29, 0.717) is 15.3 Å². The third-order valence-corrected chi connectivity index (χ3v) is 4.05. The van der Waals surface area contributed by atoms with Crippen molar-refractivity contribution in [2.45, 2.75) is 0 Å². The average Bonchev–Trinajstić information content (AvgIpc) is 2.82. The minimum atomic E-state index is -1.04. The molecule has 1 aromatic heterocycles. The Morgan fingerprint density at radius 2 is 2.05 bits per heavy atom. The molecule has 0 saturated heterocycles. The van der Waals surface area contributed by atoms with Gasteiger partial charge in [-0.1, -0.05) is 29.8 Å². The van der Waals surface area contributed by atoms with Crippen LogP contribution in [0.1, 0.15) is 10.4 Å². The third kappa shape index (κ3) is 2.15. The summed E-state index contributed by atoms with van der Waals surface area (Å²) in [5.41, 5.74) is 0.810. The second kappa shape index (κ2) is 4.85. The van der Waals surface area contributed by atoms with Crippen molar-refractivity contribution in [1.82, 2.24) is 4.98 Å². The summed E-state index contributed by atoms with van der Waals surface area (Å²) in [4.78, 5) is 15.4. The summed E-state index contributed by atoms with van der Waals surface area (Å²) in [7, 11) is 0. The van der Waals surface area contributed by atoms with E-state index in [0.717, 1.165) is 0 Å². The van der Waals surface area contributed by atoms with Gasteiger partial charge in [0.2, 0.25) is 0 Å². The maximum absolute atomic E-state index is 13.8. The van der Waals surface area contributed by atoms with Crippen molar-refractivity contribution in [1.29, 1.82) is 0 Å². The Balaban J connectivity index is 2.26. The minimum Gasteiger partial charge on any atom is -0.478 e. The molecule has 100 valence electrons. The van der Waals surface area contributed by atoms with Gasteiger partial charge in [0.05, 0.1) is 10.3 Å². The maximum Gasteiger partial charge on any atom is 0.336 e. The molecule has 0 bridgehead atoms. The van der Waals surface area contributed by atoms with E-state index in [2.05, 4.69) is 4.98 Å². The molecule has 0 spiro atoms. The lowest BCUT2D eigenvalue weighted by molar-refractivity contribution is 0.0697. The summed E-state index contributed by atoms with van der Waals surface area (Å²) < 4.78 is 14.4. The average molecular weight is 308 g/mol. The molecule has 3 aromatic rings. The Hall–Kier alpha value is -1.98. The molecular weight excluding hydrogens is 301 g/mol. The number of thiazole rings is 1. The van der Waals surface area contributed by atoms with Gasteiger partial charge in [-0.15, -0.1) is 11.3 Å². The number of aromatic nitrogens is 1. The van der Waals surface area contributed by atoms with Gasteiger partial charge in [-0.05, 0) is 18.2 Å². The Morgan fingerprint density at radius 3 is 2.80 bits per heavy atom. The summed E-state index contributed by atoms with van der Waals surface area (Å²) in [5, 5.41) is 9.93. The lowest BCUT2D eigenvalue weighted by atomic mass is 10.1. The monoisotopic (exact) mass is 307 g/mol. The summed E-state index contributed by atoms with van der Waals surface area (Å²) in [6, 6.07) is 9.31. The molecule has 0 amide bonds. The number of carboxylic acid groups (broad SMARTS) is 1. The van der Waals surface area contributed by atoms with Crippen LogP contribution in [-0.4, -0.2) is 16.1 Å². The summed E-state index contributed by atoms with van der Waals surface area (Å²) in [5.74, 6) is -1.55. The second-order valence-corrected chi connectivity index (χ2v) is 5.57. The first kappa shape index (κ1) is 13.0. The minimum absolute atomic E-state index is 0.137.